The van der Waals surface area contributed by atoms with Crippen LogP contribution in [-0.2, 0) is 27.3 Å². The maximum Gasteiger partial charge on any atom is 0.573 e. The Hall–Kier alpha value is -5.34. The van der Waals surface area contributed by atoms with Gasteiger partial charge in [0.2, 0.25) is 11.8 Å². The molecule has 12 nitrogen and oxygen atoms in total. The molecule has 0 spiro atoms. The van der Waals surface area contributed by atoms with Crippen LogP contribution < -0.4 is 20.1 Å². The summed E-state index contributed by atoms with van der Waals surface area (Å²) >= 11 is 0. The SMILES string of the molecule is COc1ccc(CN(C(=O)OC(C)(C)C)c2cc(C[C@H]3C(=O)N(C(=O)N4CCCC(c5ccc(OC(F)(F)F)cc5)C4)[C@@H]3C(N)=O)ccn2)cc1. The predicted octanol–water partition coefficient (Wildman–Crippen LogP) is 5.78. The Morgan fingerprint density at radius 3 is 2.25 bits per heavy atom. The molecule has 0 radical (unpaired) electrons. The highest BCUT2D eigenvalue weighted by molar-refractivity contribution is 6.08. The molecule has 3 aromatic rings. The number of aromatic nitrogens is 1. The van der Waals surface area contributed by atoms with Crippen LogP contribution in [0.1, 0.15) is 56.2 Å². The number of piperidine rings is 1. The van der Waals surface area contributed by atoms with E-state index in [9.17, 15) is 32.3 Å². The molecular weight excluding hydrogens is 671 g/mol. The second-order valence-corrected chi connectivity index (χ2v) is 13.5. The molecule has 0 aliphatic carbocycles. The van der Waals surface area contributed by atoms with Crippen molar-refractivity contribution in [1.82, 2.24) is 14.8 Å². The lowest BCUT2D eigenvalue weighted by molar-refractivity contribution is -0.274. The van der Waals surface area contributed by atoms with E-state index in [1.54, 1.807) is 52.1 Å². The first-order valence-corrected chi connectivity index (χ1v) is 16.4. The van der Waals surface area contributed by atoms with Gasteiger partial charge in [-0.15, -0.1) is 13.2 Å². The van der Waals surface area contributed by atoms with Gasteiger partial charge < -0.3 is 24.8 Å². The molecule has 3 atom stereocenters. The van der Waals surface area contributed by atoms with Gasteiger partial charge >= 0.3 is 18.5 Å². The summed E-state index contributed by atoms with van der Waals surface area (Å²) in [5.74, 6) is -2.00. The zero-order valence-electron chi connectivity index (χ0n) is 28.7. The first-order chi connectivity index (χ1) is 24.0. The maximum absolute atomic E-state index is 13.6. The summed E-state index contributed by atoms with van der Waals surface area (Å²) in [5, 5.41) is 0. The van der Waals surface area contributed by atoms with Gasteiger partial charge in [-0.1, -0.05) is 24.3 Å². The van der Waals surface area contributed by atoms with Gasteiger partial charge in [-0.3, -0.25) is 19.4 Å². The smallest absolute Gasteiger partial charge is 0.497 e. The summed E-state index contributed by atoms with van der Waals surface area (Å²) in [4.78, 5) is 61.3. The molecule has 2 saturated heterocycles. The molecule has 2 aliphatic heterocycles. The highest BCUT2D eigenvalue weighted by Gasteiger charge is 2.54. The van der Waals surface area contributed by atoms with Gasteiger partial charge in [0.15, 0.2) is 0 Å². The lowest BCUT2D eigenvalue weighted by atomic mass is 9.82. The lowest BCUT2D eigenvalue weighted by Crippen LogP contribution is -2.70. The topological polar surface area (TPSA) is 145 Å². The second kappa shape index (κ2) is 14.9. The van der Waals surface area contributed by atoms with Crippen LogP contribution in [0.2, 0.25) is 0 Å². The van der Waals surface area contributed by atoms with Crippen molar-refractivity contribution in [3.05, 3.63) is 83.6 Å². The van der Waals surface area contributed by atoms with Crippen molar-refractivity contribution in [2.24, 2.45) is 11.7 Å². The van der Waals surface area contributed by atoms with Crippen molar-refractivity contribution in [2.45, 2.75) is 70.5 Å². The Labute approximate surface area is 293 Å². The number of anilines is 1. The third-order valence-electron chi connectivity index (χ3n) is 8.64. The number of benzene rings is 2. The molecule has 1 unspecified atom stereocenters. The van der Waals surface area contributed by atoms with E-state index in [1.807, 2.05) is 12.1 Å². The minimum Gasteiger partial charge on any atom is -0.497 e. The Morgan fingerprint density at radius 1 is 0.980 bits per heavy atom. The van der Waals surface area contributed by atoms with Gasteiger partial charge in [-0.05, 0) is 93.1 Å². The molecule has 0 bridgehead atoms. The van der Waals surface area contributed by atoms with Crippen molar-refractivity contribution >= 4 is 29.8 Å². The quantitative estimate of drug-likeness (QED) is 0.275. The molecular formula is C36H40F3N5O7. The van der Waals surface area contributed by atoms with Crippen molar-refractivity contribution < 1.29 is 46.6 Å². The molecule has 272 valence electrons. The number of nitrogens with zero attached hydrogens (tertiary/aromatic N) is 4. The van der Waals surface area contributed by atoms with E-state index in [4.69, 9.17) is 15.2 Å². The zero-order valence-corrected chi connectivity index (χ0v) is 28.7. The molecule has 15 heteroatoms. The Bertz CT molecular complexity index is 1750. The average Bonchev–Trinajstić information content (AvgIpc) is 3.07. The van der Waals surface area contributed by atoms with Gasteiger partial charge in [-0.2, -0.15) is 0 Å². The molecule has 5 rings (SSSR count). The average molecular weight is 712 g/mol. The molecule has 3 heterocycles. The molecule has 2 fully saturated rings. The number of hydrogen-bond acceptors (Lipinski definition) is 8. The Morgan fingerprint density at radius 2 is 1.65 bits per heavy atom. The number of urea groups is 1. The number of methoxy groups -OCH3 is 1. The molecule has 51 heavy (non-hydrogen) atoms. The van der Waals surface area contributed by atoms with Crippen molar-refractivity contribution in [1.29, 1.82) is 0 Å². The predicted molar refractivity (Wildman–Crippen MR) is 179 cm³/mol. The molecule has 2 N–H and O–H groups in total. The third-order valence-corrected chi connectivity index (χ3v) is 8.64. The highest BCUT2D eigenvalue weighted by atomic mass is 19.4. The van der Waals surface area contributed by atoms with Crippen LogP contribution in [0.4, 0.5) is 28.6 Å². The van der Waals surface area contributed by atoms with Crippen molar-refractivity contribution in [3.8, 4) is 11.5 Å². The van der Waals surface area contributed by atoms with Gasteiger partial charge in [0.05, 0.1) is 19.6 Å². The van der Waals surface area contributed by atoms with Gasteiger partial charge in [0.25, 0.3) is 0 Å². The number of carbonyl (C=O) groups is 4. The van der Waals surface area contributed by atoms with E-state index in [-0.39, 0.29) is 37.0 Å². The number of pyridine rings is 1. The Balaban J connectivity index is 1.29. The molecule has 2 aliphatic rings. The monoisotopic (exact) mass is 711 g/mol. The normalized spacial score (nSPS) is 19.2. The molecule has 1 aromatic heterocycles. The molecule has 0 saturated carbocycles. The standard InChI is InChI=1S/C36H40F3N5O7/c1-35(2,3)51-34(48)43(20-22-7-11-26(49-4)12-8-22)29-19-23(15-16-41-29)18-28-30(31(40)45)44(32(28)46)33(47)42-17-5-6-25(21-42)24-9-13-27(14-10-24)50-36(37,38)39/h7-16,19,25,28,30H,5-6,17-18,20-21H2,1-4H3,(H2,40,45)/t25?,28-,30+/m1/s1. The van der Waals surface area contributed by atoms with Crippen LogP contribution in [-0.4, -0.2) is 76.9 Å². The number of ether oxygens (including phenoxy) is 3. The fourth-order valence-electron chi connectivity index (χ4n) is 6.26. The summed E-state index contributed by atoms with van der Waals surface area (Å²) in [7, 11) is 1.55. The maximum atomic E-state index is 13.6. The number of halogens is 3. The summed E-state index contributed by atoms with van der Waals surface area (Å²) < 4.78 is 52.6. The number of β-lactam (4-membered cyclic amide) rings is 1. The fraction of sp³-hybridized carbons (Fsp3) is 0.417. The Kier molecular flexibility index (Phi) is 10.8. The van der Waals surface area contributed by atoms with Crippen LogP contribution in [0.15, 0.2) is 66.9 Å². The number of rotatable bonds is 9. The summed E-state index contributed by atoms with van der Waals surface area (Å²) in [6.45, 7) is 5.88. The van der Waals surface area contributed by atoms with E-state index in [0.717, 1.165) is 10.5 Å². The number of imide groups is 1. The number of amides is 5. The number of primary amides is 1. The van der Waals surface area contributed by atoms with Crippen LogP contribution in [0.5, 0.6) is 11.5 Å². The van der Waals surface area contributed by atoms with Crippen molar-refractivity contribution in [2.75, 3.05) is 25.1 Å². The van der Waals surface area contributed by atoms with E-state index in [2.05, 4.69) is 9.72 Å². The first-order valence-electron chi connectivity index (χ1n) is 16.4. The number of hydrogen-bond donors (Lipinski definition) is 1. The third kappa shape index (κ3) is 9.07. The van der Waals surface area contributed by atoms with E-state index in [0.29, 0.717) is 36.3 Å². The van der Waals surface area contributed by atoms with E-state index >= 15 is 0 Å². The second-order valence-electron chi connectivity index (χ2n) is 13.5. The summed E-state index contributed by atoms with van der Waals surface area (Å²) in [5.41, 5.74) is 7.01. The van der Waals surface area contributed by atoms with Crippen LogP contribution >= 0.6 is 0 Å². The summed E-state index contributed by atoms with van der Waals surface area (Å²) in [6.07, 6.45) is -2.68. The van der Waals surface area contributed by atoms with Gasteiger partial charge in [-0.25, -0.2) is 14.6 Å². The molecule has 2 aromatic carbocycles. The minimum absolute atomic E-state index is 0.0470. The number of alkyl halides is 3. The van der Waals surface area contributed by atoms with Crippen LogP contribution in [0, 0.1) is 5.92 Å². The van der Waals surface area contributed by atoms with E-state index in [1.165, 1.54) is 40.3 Å². The van der Waals surface area contributed by atoms with Gasteiger partial charge in [0, 0.05) is 25.2 Å². The van der Waals surface area contributed by atoms with E-state index < -0.39 is 47.9 Å². The number of carbonyl (C=O) groups excluding carboxylic acids is 4. The largest absolute Gasteiger partial charge is 0.573 e. The van der Waals surface area contributed by atoms with Crippen LogP contribution in [0.3, 0.4) is 0 Å². The summed E-state index contributed by atoms with van der Waals surface area (Å²) in [6, 6.07) is 14.0. The lowest BCUT2D eigenvalue weighted by Gasteiger charge is -2.46. The van der Waals surface area contributed by atoms with Crippen LogP contribution in [0.25, 0.3) is 0 Å². The highest BCUT2D eigenvalue weighted by Crippen LogP contribution is 2.35. The fourth-order valence-corrected chi connectivity index (χ4v) is 6.26. The number of nitrogens with two attached hydrogens (primary N) is 1. The first kappa shape index (κ1) is 36.9. The zero-order chi connectivity index (χ0) is 37.1. The minimum atomic E-state index is -4.81. The number of likely N-dealkylation sites (tertiary alicyclic amines) is 2. The molecule has 5 amide bonds. The van der Waals surface area contributed by atoms with Gasteiger partial charge in [0.1, 0.15) is 29.0 Å². The van der Waals surface area contributed by atoms with Crippen molar-refractivity contribution in [3.63, 3.8) is 0 Å².